The van der Waals surface area contributed by atoms with Crippen molar-refractivity contribution in [2.24, 2.45) is 17.1 Å². The lowest BCUT2D eigenvalue weighted by Gasteiger charge is -2.12. The Balaban J connectivity index is 2.12. The van der Waals surface area contributed by atoms with Crippen molar-refractivity contribution in [2.75, 3.05) is 0 Å². The van der Waals surface area contributed by atoms with Crippen LogP contribution in [-0.2, 0) is 0 Å². The van der Waals surface area contributed by atoms with Gasteiger partial charge in [-0.2, -0.15) is 0 Å². The van der Waals surface area contributed by atoms with E-state index in [0.29, 0.717) is 11.3 Å². The monoisotopic (exact) mass is 176 g/mol. The minimum absolute atomic E-state index is 0.170. The summed E-state index contributed by atoms with van der Waals surface area (Å²) in [6, 6.07) is 4.18. The van der Waals surface area contributed by atoms with E-state index in [4.69, 9.17) is 5.73 Å². The summed E-state index contributed by atoms with van der Waals surface area (Å²) in [5.41, 5.74) is 7.74. The van der Waals surface area contributed by atoms with E-state index >= 15 is 0 Å². The zero-order valence-corrected chi connectivity index (χ0v) is 8.20. The van der Waals surface area contributed by atoms with Gasteiger partial charge in [-0.15, -0.1) is 0 Å². The summed E-state index contributed by atoms with van der Waals surface area (Å²) in [7, 11) is 0. The summed E-state index contributed by atoms with van der Waals surface area (Å²) in [6.07, 6.45) is 4.90. The van der Waals surface area contributed by atoms with Crippen molar-refractivity contribution in [3.8, 4) is 0 Å². The van der Waals surface area contributed by atoms with Crippen LogP contribution in [0.15, 0.2) is 24.5 Å². The molecule has 1 fully saturated rings. The Morgan fingerprint density at radius 3 is 2.77 bits per heavy atom. The van der Waals surface area contributed by atoms with Crippen molar-refractivity contribution in [2.45, 2.75) is 26.3 Å². The molecular formula is C11H16N2. The van der Waals surface area contributed by atoms with E-state index < -0.39 is 0 Å². The Hall–Kier alpha value is -0.890. The van der Waals surface area contributed by atoms with Crippen LogP contribution < -0.4 is 5.73 Å². The van der Waals surface area contributed by atoms with Crippen molar-refractivity contribution in [1.29, 1.82) is 0 Å². The van der Waals surface area contributed by atoms with Gasteiger partial charge in [-0.05, 0) is 29.4 Å². The third-order valence-electron chi connectivity index (χ3n) is 3.09. The predicted molar refractivity (Wildman–Crippen MR) is 53.1 cm³/mol. The minimum Gasteiger partial charge on any atom is -0.324 e. The van der Waals surface area contributed by atoms with Crippen LogP contribution in [-0.4, -0.2) is 4.98 Å². The second-order valence-corrected chi connectivity index (χ2v) is 4.61. The summed E-state index contributed by atoms with van der Waals surface area (Å²) in [4.78, 5) is 4.08. The Morgan fingerprint density at radius 1 is 1.62 bits per heavy atom. The SMILES string of the molecule is CC1(C)CC1C(N)c1cccnc1. The topological polar surface area (TPSA) is 38.9 Å². The highest BCUT2D eigenvalue weighted by atomic mass is 14.7. The summed E-state index contributed by atoms with van der Waals surface area (Å²) in [5.74, 6) is 0.636. The maximum absolute atomic E-state index is 6.14. The lowest BCUT2D eigenvalue weighted by molar-refractivity contribution is 0.490. The van der Waals surface area contributed by atoms with Crippen molar-refractivity contribution in [1.82, 2.24) is 4.98 Å². The molecule has 1 aliphatic rings. The van der Waals surface area contributed by atoms with E-state index in [1.54, 1.807) is 6.20 Å². The third kappa shape index (κ3) is 1.59. The van der Waals surface area contributed by atoms with Crippen molar-refractivity contribution < 1.29 is 0 Å². The van der Waals surface area contributed by atoms with Gasteiger partial charge >= 0.3 is 0 Å². The first-order chi connectivity index (χ1) is 6.11. The maximum atomic E-state index is 6.14. The molecule has 2 rings (SSSR count). The molecule has 1 heterocycles. The van der Waals surface area contributed by atoms with Gasteiger partial charge in [0.15, 0.2) is 0 Å². The molecule has 1 aromatic heterocycles. The standard InChI is InChI=1S/C11H16N2/c1-11(2)6-9(11)10(12)8-4-3-5-13-7-8/h3-5,7,9-10H,6,12H2,1-2H3. The molecule has 0 saturated heterocycles. The molecule has 0 spiro atoms. The van der Waals surface area contributed by atoms with Crippen LogP contribution in [0.3, 0.4) is 0 Å². The van der Waals surface area contributed by atoms with E-state index in [-0.39, 0.29) is 6.04 Å². The predicted octanol–water partition coefficient (Wildman–Crippen LogP) is 2.13. The van der Waals surface area contributed by atoms with E-state index in [9.17, 15) is 0 Å². The minimum atomic E-state index is 0.170. The Kier molecular flexibility index (Phi) is 1.88. The van der Waals surface area contributed by atoms with Gasteiger partial charge in [-0.1, -0.05) is 19.9 Å². The molecule has 2 unspecified atom stereocenters. The molecule has 13 heavy (non-hydrogen) atoms. The maximum Gasteiger partial charge on any atom is 0.0344 e. The second kappa shape index (κ2) is 2.81. The first kappa shape index (κ1) is 8.70. The first-order valence-electron chi connectivity index (χ1n) is 4.77. The molecule has 2 heteroatoms. The first-order valence-corrected chi connectivity index (χ1v) is 4.77. The van der Waals surface area contributed by atoms with E-state index in [2.05, 4.69) is 24.9 Å². The highest BCUT2D eigenvalue weighted by Gasteiger charge is 2.49. The summed E-state index contributed by atoms with van der Waals surface area (Å²) >= 11 is 0. The summed E-state index contributed by atoms with van der Waals surface area (Å²) in [6.45, 7) is 4.54. The lowest BCUT2D eigenvalue weighted by atomic mass is 9.99. The lowest BCUT2D eigenvalue weighted by Crippen LogP contribution is -2.15. The van der Waals surface area contributed by atoms with Gasteiger partial charge < -0.3 is 5.73 Å². The van der Waals surface area contributed by atoms with Gasteiger partial charge in [-0.3, -0.25) is 4.98 Å². The third-order valence-corrected chi connectivity index (χ3v) is 3.09. The molecule has 1 aromatic rings. The van der Waals surface area contributed by atoms with Gasteiger partial charge in [0.25, 0.3) is 0 Å². The van der Waals surface area contributed by atoms with Gasteiger partial charge in [0.05, 0.1) is 0 Å². The van der Waals surface area contributed by atoms with Crippen molar-refractivity contribution in [3.63, 3.8) is 0 Å². The van der Waals surface area contributed by atoms with E-state index in [1.165, 1.54) is 6.42 Å². The molecule has 1 aliphatic carbocycles. The van der Waals surface area contributed by atoms with Crippen molar-refractivity contribution >= 4 is 0 Å². The van der Waals surface area contributed by atoms with Crippen LogP contribution >= 0.6 is 0 Å². The summed E-state index contributed by atoms with van der Waals surface area (Å²) in [5, 5.41) is 0. The molecule has 1 saturated carbocycles. The number of nitrogens with two attached hydrogens (primary N) is 1. The summed E-state index contributed by atoms with van der Waals surface area (Å²) < 4.78 is 0. The molecule has 0 radical (unpaired) electrons. The van der Waals surface area contributed by atoms with Crippen LogP contribution in [0.5, 0.6) is 0 Å². The largest absolute Gasteiger partial charge is 0.324 e. The number of aromatic nitrogens is 1. The molecule has 0 aromatic carbocycles. The fourth-order valence-corrected chi connectivity index (χ4v) is 1.93. The fraction of sp³-hybridized carbons (Fsp3) is 0.545. The van der Waals surface area contributed by atoms with Gasteiger partial charge in [0.2, 0.25) is 0 Å². The van der Waals surface area contributed by atoms with Crippen LogP contribution in [0, 0.1) is 11.3 Å². The molecule has 2 nitrogen and oxygen atoms in total. The average Bonchev–Trinajstić information content (AvgIpc) is 2.76. The van der Waals surface area contributed by atoms with Crippen molar-refractivity contribution in [3.05, 3.63) is 30.1 Å². The normalized spacial score (nSPS) is 26.8. The van der Waals surface area contributed by atoms with E-state index in [0.717, 1.165) is 5.56 Å². The highest BCUT2D eigenvalue weighted by Crippen LogP contribution is 2.56. The number of nitrogens with zero attached hydrogens (tertiary/aromatic N) is 1. The molecule has 0 aliphatic heterocycles. The molecule has 70 valence electrons. The van der Waals surface area contributed by atoms with Crippen LogP contribution in [0.1, 0.15) is 31.9 Å². The van der Waals surface area contributed by atoms with E-state index in [1.807, 2.05) is 12.3 Å². The van der Waals surface area contributed by atoms with Gasteiger partial charge in [0.1, 0.15) is 0 Å². The Labute approximate surface area is 79.2 Å². The number of hydrogen-bond acceptors (Lipinski definition) is 2. The number of hydrogen-bond donors (Lipinski definition) is 1. The highest BCUT2D eigenvalue weighted by molar-refractivity contribution is 5.18. The van der Waals surface area contributed by atoms with Gasteiger partial charge in [0, 0.05) is 18.4 Å². The molecule has 0 amide bonds. The molecule has 0 bridgehead atoms. The van der Waals surface area contributed by atoms with Crippen LogP contribution in [0.25, 0.3) is 0 Å². The average molecular weight is 176 g/mol. The van der Waals surface area contributed by atoms with Crippen LogP contribution in [0.4, 0.5) is 0 Å². The molecule has 2 N–H and O–H groups in total. The molecule has 2 atom stereocenters. The second-order valence-electron chi connectivity index (χ2n) is 4.61. The number of rotatable bonds is 2. The van der Waals surface area contributed by atoms with Crippen LogP contribution in [0.2, 0.25) is 0 Å². The smallest absolute Gasteiger partial charge is 0.0344 e. The van der Waals surface area contributed by atoms with Gasteiger partial charge in [-0.25, -0.2) is 0 Å². The zero-order valence-electron chi connectivity index (χ0n) is 8.20. The quantitative estimate of drug-likeness (QED) is 0.749. The molecular weight excluding hydrogens is 160 g/mol. The Bertz CT molecular complexity index is 292. The zero-order chi connectivity index (χ0) is 9.47. The Morgan fingerprint density at radius 2 is 2.31 bits per heavy atom. The fourth-order valence-electron chi connectivity index (χ4n) is 1.93. The number of pyridine rings is 1.